The predicted octanol–water partition coefficient (Wildman–Crippen LogP) is 3.70. The van der Waals surface area contributed by atoms with Gasteiger partial charge in [0.2, 0.25) is 11.6 Å². The van der Waals surface area contributed by atoms with Gasteiger partial charge in [0.1, 0.15) is 0 Å². The Morgan fingerprint density at radius 2 is 1.55 bits per heavy atom. The van der Waals surface area contributed by atoms with Crippen LogP contribution in [0.15, 0.2) is 0 Å². The van der Waals surface area contributed by atoms with Crippen LogP contribution in [0.25, 0.3) is 0 Å². The van der Waals surface area contributed by atoms with E-state index < -0.39 is 11.6 Å². The van der Waals surface area contributed by atoms with Crippen molar-refractivity contribution in [2.45, 2.75) is 76.8 Å². The molecule has 164 valence electrons. The first kappa shape index (κ1) is 19.5. The molecule has 2 heterocycles. The summed E-state index contributed by atoms with van der Waals surface area (Å²) in [6.07, 6.45) is 10.2. The van der Waals surface area contributed by atoms with E-state index >= 15 is 0 Å². The van der Waals surface area contributed by atoms with Gasteiger partial charge in [-0.3, -0.25) is 0 Å². The lowest BCUT2D eigenvalue weighted by Crippen LogP contribution is -2.70. The summed E-state index contributed by atoms with van der Waals surface area (Å²) in [6, 6.07) is 0. The minimum Gasteiger partial charge on any atom is -0.343 e. The van der Waals surface area contributed by atoms with Gasteiger partial charge < -0.3 is 24.7 Å². The minimum absolute atomic E-state index is 0.0496. The molecule has 2 N–H and O–H groups in total. The van der Waals surface area contributed by atoms with Gasteiger partial charge in [-0.1, -0.05) is 26.7 Å². The van der Waals surface area contributed by atoms with Crippen LogP contribution in [0.1, 0.15) is 65.2 Å². The molecule has 0 amide bonds. The van der Waals surface area contributed by atoms with Crippen LogP contribution in [0, 0.1) is 40.4 Å². The van der Waals surface area contributed by atoms with Crippen LogP contribution in [-0.4, -0.2) is 44.5 Å². The average molecular weight is 406 g/mol. The summed E-state index contributed by atoms with van der Waals surface area (Å²) in [5.74, 6) is 2.03. The molecule has 0 spiro atoms. The highest BCUT2D eigenvalue weighted by atomic mass is 16.8. The molecule has 0 radical (unpaired) electrons. The third-order valence-corrected chi connectivity index (χ3v) is 10.6. The molecule has 0 aromatic carbocycles. The molecule has 7 atom stereocenters. The molecule has 1 unspecified atom stereocenters. The van der Waals surface area contributed by atoms with Crippen molar-refractivity contribution in [2.75, 3.05) is 33.0 Å². The third-order valence-electron chi connectivity index (χ3n) is 10.6. The van der Waals surface area contributed by atoms with Gasteiger partial charge >= 0.3 is 0 Å². The maximum absolute atomic E-state index is 6.52. The van der Waals surface area contributed by atoms with Crippen molar-refractivity contribution in [3.05, 3.63) is 0 Å². The van der Waals surface area contributed by atoms with Crippen LogP contribution in [0.2, 0.25) is 0 Å². The Balaban J connectivity index is 1.42. The number of ether oxygens (including phenoxy) is 4. The zero-order valence-corrected chi connectivity index (χ0v) is 18.3. The zero-order chi connectivity index (χ0) is 19.9. The molecule has 0 bridgehead atoms. The van der Waals surface area contributed by atoms with Gasteiger partial charge in [0.05, 0.1) is 26.4 Å². The summed E-state index contributed by atoms with van der Waals surface area (Å²) >= 11 is 0. The van der Waals surface area contributed by atoms with Crippen molar-refractivity contribution in [3.8, 4) is 0 Å². The number of rotatable bonds is 1. The van der Waals surface area contributed by atoms with Crippen LogP contribution in [-0.2, 0) is 18.9 Å². The Bertz CT molecular complexity index is 657. The summed E-state index contributed by atoms with van der Waals surface area (Å²) in [7, 11) is 0. The fraction of sp³-hybridized carbons (Fsp3) is 1.00. The predicted molar refractivity (Wildman–Crippen MR) is 109 cm³/mol. The van der Waals surface area contributed by atoms with Crippen molar-refractivity contribution < 1.29 is 18.9 Å². The molecule has 29 heavy (non-hydrogen) atoms. The summed E-state index contributed by atoms with van der Waals surface area (Å²) < 4.78 is 25.9. The number of fused-ring (bicyclic) bond motifs is 5. The quantitative estimate of drug-likeness (QED) is 0.721. The van der Waals surface area contributed by atoms with Crippen molar-refractivity contribution in [1.29, 1.82) is 0 Å². The highest BCUT2D eigenvalue weighted by Crippen LogP contribution is 2.73. The summed E-state index contributed by atoms with van der Waals surface area (Å²) in [5.41, 5.74) is 6.79. The van der Waals surface area contributed by atoms with Gasteiger partial charge in [0.15, 0.2) is 0 Å². The Kier molecular flexibility index (Phi) is 4.31. The Labute approximate surface area is 175 Å². The van der Waals surface area contributed by atoms with E-state index in [0.717, 1.165) is 31.2 Å². The third kappa shape index (κ3) is 2.24. The Morgan fingerprint density at radius 3 is 2.28 bits per heavy atom. The van der Waals surface area contributed by atoms with Gasteiger partial charge in [-0.2, -0.15) is 0 Å². The SMILES string of the molecule is C[C@]12CCCCC1[C@@H](CN)C[C@@H]1[C@@H]2CC[C@@]2(C)[C@H]1CC13OCCOC12OCCO3. The van der Waals surface area contributed by atoms with Crippen LogP contribution >= 0.6 is 0 Å². The summed E-state index contributed by atoms with van der Waals surface area (Å²) in [6.45, 7) is 8.29. The van der Waals surface area contributed by atoms with E-state index in [2.05, 4.69) is 13.8 Å². The van der Waals surface area contributed by atoms with Crippen molar-refractivity contribution >= 4 is 0 Å². The van der Waals surface area contributed by atoms with Gasteiger partial charge in [-0.05, 0) is 73.7 Å². The lowest BCUT2D eigenvalue weighted by atomic mass is 9.43. The molecule has 2 aliphatic heterocycles. The molecule has 5 heteroatoms. The molecule has 4 saturated carbocycles. The van der Waals surface area contributed by atoms with Crippen LogP contribution in [0.5, 0.6) is 0 Å². The average Bonchev–Trinajstić information content (AvgIpc) is 2.99. The maximum Gasteiger partial charge on any atom is 0.229 e. The Hall–Kier alpha value is -0.200. The van der Waals surface area contributed by atoms with Crippen LogP contribution in [0.3, 0.4) is 0 Å². The summed E-state index contributed by atoms with van der Waals surface area (Å²) in [4.78, 5) is 0. The molecular formula is C24H39NO4. The normalized spacial score (nSPS) is 59.1. The minimum atomic E-state index is -0.728. The Morgan fingerprint density at radius 1 is 0.828 bits per heavy atom. The number of hydrogen-bond donors (Lipinski definition) is 1. The standard InChI is InChI=1S/C24H39NO4/c1-21-7-4-3-5-18(21)16(15-25)13-17-19(21)6-8-22(2)20(17)14-23-24(22,28-11-9-26-23)29-12-10-27-23/h16-20H,3-15,25H2,1-2H3/t16-,17-,18?,19+,20+,21+,22+,23?,24?/m1/s1. The molecule has 0 aromatic rings. The second-order valence-electron chi connectivity index (χ2n) is 11.4. The molecule has 2 saturated heterocycles. The molecule has 0 aromatic heterocycles. The molecule has 6 aliphatic rings. The van der Waals surface area contributed by atoms with E-state index in [9.17, 15) is 0 Å². The lowest BCUT2D eigenvalue weighted by molar-refractivity contribution is -0.474. The van der Waals surface area contributed by atoms with E-state index in [1.54, 1.807) is 0 Å². The van der Waals surface area contributed by atoms with E-state index in [0.29, 0.717) is 49.6 Å². The van der Waals surface area contributed by atoms with E-state index in [1.165, 1.54) is 38.5 Å². The molecular weight excluding hydrogens is 366 g/mol. The first-order chi connectivity index (χ1) is 14.0. The van der Waals surface area contributed by atoms with Crippen LogP contribution in [0.4, 0.5) is 0 Å². The first-order valence-corrected chi connectivity index (χ1v) is 12.3. The smallest absolute Gasteiger partial charge is 0.229 e. The largest absolute Gasteiger partial charge is 0.343 e. The lowest BCUT2D eigenvalue weighted by Gasteiger charge is -2.63. The van der Waals surface area contributed by atoms with Gasteiger partial charge in [-0.15, -0.1) is 0 Å². The molecule has 5 nitrogen and oxygen atoms in total. The van der Waals surface area contributed by atoms with Crippen molar-refractivity contribution in [2.24, 2.45) is 46.2 Å². The zero-order valence-electron chi connectivity index (χ0n) is 18.3. The van der Waals surface area contributed by atoms with Crippen LogP contribution < -0.4 is 5.73 Å². The molecule has 6 rings (SSSR count). The van der Waals surface area contributed by atoms with Gasteiger partial charge in [-0.25, -0.2) is 0 Å². The molecule has 6 fully saturated rings. The first-order valence-electron chi connectivity index (χ1n) is 12.3. The van der Waals surface area contributed by atoms with E-state index in [1.807, 2.05) is 0 Å². The topological polar surface area (TPSA) is 62.9 Å². The van der Waals surface area contributed by atoms with Crippen molar-refractivity contribution in [1.82, 2.24) is 0 Å². The number of nitrogens with two attached hydrogens (primary N) is 1. The monoisotopic (exact) mass is 405 g/mol. The molecule has 4 aliphatic carbocycles. The number of hydrogen-bond acceptors (Lipinski definition) is 5. The summed E-state index contributed by atoms with van der Waals surface area (Å²) in [5, 5.41) is 0. The second kappa shape index (κ2) is 6.41. The van der Waals surface area contributed by atoms with E-state index in [-0.39, 0.29) is 5.41 Å². The maximum atomic E-state index is 6.52. The van der Waals surface area contributed by atoms with E-state index in [4.69, 9.17) is 24.7 Å². The fourth-order valence-corrected chi connectivity index (χ4v) is 9.52. The fourth-order valence-electron chi connectivity index (χ4n) is 9.52. The van der Waals surface area contributed by atoms with Gasteiger partial charge in [0, 0.05) is 11.8 Å². The highest BCUT2D eigenvalue weighted by Gasteiger charge is 2.79. The van der Waals surface area contributed by atoms with Crippen molar-refractivity contribution in [3.63, 3.8) is 0 Å². The highest BCUT2D eigenvalue weighted by molar-refractivity contribution is 5.19. The second-order valence-corrected chi connectivity index (χ2v) is 11.4. The van der Waals surface area contributed by atoms with Gasteiger partial charge in [0.25, 0.3) is 0 Å².